The number of nitrogens with zero attached hydrogens (tertiary/aromatic N) is 2. The maximum Gasteiger partial charge on any atom is 0.203 e. The van der Waals surface area contributed by atoms with Crippen LogP contribution < -0.4 is 5.32 Å². The second kappa shape index (κ2) is 8.42. The molecule has 0 atom stereocenters. The molecule has 0 spiro atoms. The van der Waals surface area contributed by atoms with Gasteiger partial charge in [0.15, 0.2) is 0 Å². The Morgan fingerprint density at radius 3 is 2.81 bits per heavy atom. The number of nitrogens with one attached hydrogen (secondary N) is 1. The van der Waals surface area contributed by atoms with E-state index >= 15 is 0 Å². The highest BCUT2D eigenvalue weighted by Crippen LogP contribution is 2.30. The second-order valence-corrected chi connectivity index (χ2v) is 6.46. The van der Waals surface area contributed by atoms with E-state index in [2.05, 4.69) is 34.9 Å². The van der Waals surface area contributed by atoms with Gasteiger partial charge in [0.05, 0.1) is 5.69 Å². The lowest BCUT2D eigenvalue weighted by molar-refractivity contribution is 0.147. The molecular weight excluding hydrogens is 262 g/mol. The lowest BCUT2D eigenvalue weighted by atomic mass is 9.83. The van der Waals surface area contributed by atoms with Crippen LogP contribution in [-0.4, -0.2) is 29.3 Å². The molecule has 1 N–H and O–H groups in total. The number of hydrogen-bond acceptors (Lipinski definition) is 3. The van der Waals surface area contributed by atoms with Crippen LogP contribution in [0.5, 0.6) is 0 Å². The minimum atomic E-state index is 0.799. The number of aromatic nitrogens is 2. The summed E-state index contributed by atoms with van der Waals surface area (Å²) in [5.74, 6) is 2.77. The first-order valence-electron chi connectivity index (χ1n) is 8.54. The van der Waals surface area contributed by atoms with Crippen LogP contribution in [0, 0.1) is 18.8 Å². The number of aryl methyl sites for hydroxylation is 1. The molecule has 0 unspecified atom stereocenters. The van der Waals surface area contributed by atoms with E-state index in [1.807, 2.05) is 6.92 Å². The van der Waals surface area contributed by atoms with Gasteiger partial charge >= 0.3 is 0 Å². The van der Waals surface area contributed by atoms with Gasteiger partial charge in [0, 0.05) is 32.5 Å². The van der Waals surface area contributed by atoms with Gasteiger partial charge in [0.2, 0.25) is 5.95 Å². The molecule has 1 fully saturated rings. The highest BCUT2D eigenvalue weighted by Gasteiger charge is 2.19. The summed E-state index contributed by atoms with van der Waals surface area (Å²) in [6.07, 6.45) is 8.71. The summed E-state index contributed by atoms with van der Waals surface area (Å²) < 4.78 is 7.69. The first kappa shape index (κ1) is 16.3. The summed E-state index contributed by atoms with van der Waals surface area (Å²) in [6.45, 7) is 10.2. The smallest absolute Gasteiger partial charge is 0.203 e. The van der Waals surface area contributed by atoms with Gasteiger partial charge in [-0.15, -0.1) is 0 Å². The van der Waals surface area contributed by atoms with Gasteiger partial charge in [-0.3, -0.25) is 0 Å². The lowest BCUT2D eigenvalue weighted by Crippen LogP contribution is -2.19. The van der Waals surface area contributed by atoms with E-state index in [1.165, 1.54) is 25.7 Å². The second-order valence-electron chi connectivity index (χ2n) is 6.46. The highest BCUT2D eigenvalue weighted by atomic mass is 16.5. The summed E-state index contributed by atoms with van der Waals surface area (Å²) in [5.41, 5.74) is 1.10. The van der Waals surface area contributed by atoms with E-state index in [0.717, 1.165) is 56.2 Å². The number of anilines is 1. The van der Waals surface area contributed by atoms with Gasteiger partial charge in [-0.2, -0.15) is 0 Å². The number of ether oxygens (including phenoxy) is 1. The standard InChI is InChI=1S/C17H31N3O/c1-4-21-11-5-10-18-17-19-15(3)12-20(17)13-16-8-6-14(2)7-9-16/h12,14,16H,4-11,13H2,1-3H3,(H,18,19). The normalized spacial score (nSPS) is 22.4. The molecule has 4 nitrogen and oxygen atoms in total. The number of rotatable bonds is 8. The monoisotopic (exact) mass is 293 g/mol. The quantitative estimate of drug-likeness (QED) is 0.740. The predicted octanol–water partition coefficient (Wildman–Crippen LogP) is 3.86. The van der Waals surface area contributed by atoms with Crippen LogP contribution in [0.15, 0.2) is 6.20 Å². The Bertz CT molecular complexity index is 408. The van der Waals surface area contributed by atoms with Crippen molar-refractivity contribution in [3.05, 3.63) is 11.9 Å². The first-order chi connectivity index (χ1) is 10.2. The van der Waals surface area contributed by atoms with Gasteiger partial charge < -0.3 is 14.6 Å². The van der Waals surface area contributed by atoms with Crippen LogP contribution in [0.3, 0.4) is 0 Å². The van der Waals surface area contributed by atoms with Crippen molar-refractivity contribution >= 4 is 5.95 Å². The van der Waals surface area contributed by atoms with E-state index in [4.69, 9.17) is 4.74 Å². The molecule has 0 radical (unpaired) electrons. The van der Waals surface area contributed by atoms with E-state index in [9.17, 15) is 0 Å². The third-order valence-corrected chi connectivity index (χ3v) is 4.44. The third-order valence-electron chi connectivity index (χ3n) is 4.44. The van der Waals surface area contributed by atoms with Crippen LogP contribution >= 0.6 is 0 Å². The van der Waals surface area contributed by atoms with E-state index < -0.39 is 0 Å². The minimum Gasteiger partial charge on any atom is -0.382 e. The van der Waals surface area contributed by atoms with E-state index in [-0.39, 0.29) is 0 Å². The fourth-order valence-corrected chi connectivity index (χ4v) is 3.14. The molecule has 1 saturated carbocycles. The first-order valence-corrected chi connectivity index (χ1v) is 8.54. The Balaban J connectivity index is 1.81. The maximum absolute atomic E-state index is 5.37. The van der Waals surface area contributed by atoms with Crippen molar-refractivity contribution in [3.63, 3.8) is 0 Å². The zero-order chi connectivity index (χ0) is 15.1. The third kappa shape index (κ3) is 5.34. The number of imidazole rings is 1. The minimum absolute atomic E-state index is 0.799. The molecule has 120 valence electrons. The molecule has 0 aliphatic heterocycles. The molecule has 0 aromatic carbocycles. The Labute approximate surface area is 129 Å². The summed E-state index contributed by atoms with van der Waals surface area (Å²) in [6, 6.07) is 0. The highest BCUT2D eigenvalue weighted by molar-refractivity contribution is 5.28. The van der Waals surface area contributed by atoms with Crippen LogP contribution in [0.25, 0.3) is 0 Å². The summed E-state index contributed by atoms with van der Waals surface area (Å²) in [4.78, 5) is 4.62. The van der Waals surface area contributed by atoms with Crippen molar-refractivity contribution in [2.75, 3.05) is 25.1 Å². The molecule has 1 aliphatic carbocycles. The van der Waals surface area contributed by atoms with Crippen LogP contribution in [0.1, 0.15) is 51.6 Å². The van der Waals surface area contributed by atoms with Crippen LogP contribution in [0.4, 0.5) is 5.95 Å². The molecule has 0 amide bonds. The molecular formula is C17H31N3O. The van der Waals surface area contributed by atoms with Gasteiger partial charge in [0.25, 0.3) is 0 Å². The average Bonchev–Trinajstić information content (AvgIpc) is 2.81. The average molecular weight is 293 g/mol. The summed E-state index contributed by atoms with van der Waals surface area (Å²) in [7, 11) is 0. The summed E-state index contributed by atoms with van der Waals surface area (Å²) in [5, 5.41) is 3.46. The zero-order valence-corrected chi connectivity index (χ0v) is 13.9. The molecule has 4 heteroatoms. The van der Waals surface area contributed by atoms with E-state index in [0.29, 0.717) is 0 Å². The molecule has 1 aromatic heterocycles. The van der Waals surface area contributed by atoms with E-state index in [1.54, 1.807) is 0 Å². The van der Waals surface area contributed by atoms with Crippen molar-refractivity contribution in [2.45, 2.75) is 59.4 Å². The summed E-state index contributed by atoms with van der Waals surface area (Å²) >= 11 is 0. The van der Waals surface area contributed by atoms with Gasteiger partial charge in [0.1, 0.15) is 0 Å². The van der Waals surface area contributed by atoms with Crippen molar-refractivity contribution in [1.82, 2.24) is 9.55 Å². The SMILES string of the molecule is CCOCCCNc1nc(C)cn1CC1CCC(C)CC1. The van der Waals surface area contributed by atoms with Crippen LogP contribution in [-0.2, 0) is 11.3 Å². The van der Waals surface area contributed by atoms with Crippen molar-refractivity contribution in [3.8, 4) is 0 Å². The molecule has 1 aromatic rings. The Morgan fingerprint density at radius 2 is 2.10 bits per heavy atom. The van der Waals surface area contributed by atoms with Crippen molar-refractivity contribution in [1.29, 1.82) is 0 Å². The molecule has 21 heavy (non-hydrogen) atoms. The van der Waals surface area contributed by atoms with Gasteiger partial charge in [-0.1, -0.05) is 19.8 Å². The maximum atomic E-state index is 5.37. The Kier molecular flexibility index (Phi) is 6.55. The predicted molar refractivity (Wildman–Crippen MR) is 87.7 cm³/mol. The van der Waals surface area contributed by atoms with Gasteiger partial charge in [-0.05, 0) is 44.9 Å². The number of hydrogen-bond donors (Lipinski definition) is 1. The molecule has 2 rings (SSSR count). The molecule has 1 heterocycles. The fraction of sp³-hybridized carbons (Fsp3) is 0.824. The fourth-order valence-electron chi connectivity index (χ4n) is 3.14. The Hall–Kier alpha value is -1.03. The topological polar surface area (TPSA) is 39.1 Å². The molecule has 0 bridgehead atoms. The van der Waals surface area contributed by atoms with Gasteiger partial charge in [-0.25, -0.2) is 4.98 Å². The van der Waals surface area contributed by atoms with Crippen LogP contribution in [0.2, 0.25) is 0 Å². The van der Waals surface area contributed by atoms with Crippen molar-refractivity contribution < 1.29 is 4.74 Å². The molecule has 1 aliphatic rings. The van der Waals surface area contributed by atoms with Crippen molar-refractivity contribution in [2.24, 2.45) is 11.8 Å². The Morgan fingerprint density at radius 1 is 1.33 bits per heavy atom. The largest absolute Gasteiger partial charge is 0.382 e. The zero-order valence-electron chi connectivity index (χ0n) is 13.9. The lowest BCUT2D eigenvalue weighted by Gasteiger charge is -2.26. The molecule has 0 saturated heterocycles.